The van der Waals surface area contributed by atoms with Gasteiger partial charge in [0.25, 0.3) is 0 Å². The summed E-state index contributed by atoms with van der Waals surface area (Å²) in [5.41, 5.74) is 2.86. The second-order valence-corrected chi connectivity index (χ2v) is 6.01. The van der Waals surface area contributed by atoms with Crippen molar-refractivity contribution in [2.75, 3.05) is 7.11 Å². The molecule has 0 aromatic heterocycles. The molecule has 1 aliphatic heterocycles. The molecule has 0 unspecified atom stereocenters. The Hall–Kier alpha value is -2.40. The van der Waals surface area contributed by atoms with Gasteiger partial charge in [-0.1, -0.05) is 33.6 Å². The van der Waals surface area contributed by atoms with E-state index in [-0.39, 0.29) is 5.70 Å². The van der Waals surface area contributed by atoms with Gasteiger partial charge in [0, 0.05) is 15.6 Å². The summed E-state index contributed by atoms with van der Waals surface area (Å²) in [6.45, 7) is 1.98. The number of halogens is 1. The number of hydrogen-bond donors (Lipinski definition) is 0. The Morgan fingerprint density at radius 2 is 2.04 bits per heavy atom. The summed E-state index contributed by atoms with van der Waals surface area (Å²) >= 11 is 3.41. The third-order valence-electron chi connectivity index (χ3n) is 3.37. The van der Waals surface area contributed by atoms with Crippen LogP contribution in [0.4, 0.5) is 0 Å². The van der Waals surface area contributed by atoms with Crippen LogP contribution < -0.4 is 4.74 Å². The van der Waals surface area contributed by atoms with Crippen LogP contribution in [0.5, 0.6) is 5.75 Å². The summed E-state index contributed by atoms with van der Waals surface area (Å²) in [7, 11) is 1.58. The molecule has 0 aliphatic carbocycles. The first-order chi connectivity index (χ1) is 11.1. The van der Waals surface area contributed by atoms with E-state index < -0.39 is 5.97 Å². The van der Waals surface area contributed by atoms with Crippen molar-refractivity contribution in [3.8, 4) is 5.75 Å². The molecule has 0 fully saturated rings. The molecular formula is C18H14BrNO3. The predicted molar refractivity (Wildman–Crippen MR) is 92.5 cm³/mol. The highest BCUT2D eigenvalue weighted by molar-refractivity contribution is 9.10. The van der Waals surface area contributed by atoms with Gasteiger partial charge in [-0.3, -0.25) is 0 Å². The lowest BCUT2D eigenvalue weighted by atomic mass is 10.1. The molecule has 5 heteroatoms. The Labute approximate surface area is 142 Å². The number of rotatable bonds is 3. The normalized spacial score (nSPS) is 15.5. The number of carbonyl (C=O) groups excluding carboxylic acids is 1. The van der Waals surface area contributed by atoms with Gasteiger partial charge in [0.15, 0.2) is 5.70 Å². The van der Waals surface area contributed by atoms with Crippen molar-refractivity contribution in [2.45, 2.75) is 6.92 Å². The standard InChI is InChI=1S/C18H14BrNO3/c1-11-4-3-5-12(8-11)17-20-15(18(21)23-17)10-13-9-14(19)6-7-16(13)22-2/h3-10H,1-2H3/b15-10+. The highest BCUT2D eigenvalue weighted by Gasteiger charge is 2.24. The summed E-state index contributed by atoms with van der Waals surface area (Å²) in [5, 5.41) is 0. The molecule has 116 valence electrons. The van der Waals surface area contributed by atoms with Gasteiger partial charge in [0.2, 0.25) is 5.90 Å². The Morgan fingerprint density at radius 1 is 1.22 bits per heavy atom. The summed E-state index contributed by atoms with van der Waals surface area (Å²) < 4.78 is 11.5. The van der Waals surface area contributed by atoms with Gasteiger partial charge in [-0.05, 0) is 43.3 Å². The van der Waals surface area contributed by atoms with Gasteiger partial charge in [0.05, 0.1) is 7.11 Å². The molecule has 0 saturated carbocycles. The van der Waals surface area contributed by atoms with E-state index in [9.17, 15) is 4.79 Å². The molecular weight excluding hydrogens is 358 g/mol. The average Bonchev–Trinajstić information content (AvgIpc) is 2.89. The van der Waals surface area contributed by atoms with Gasteiger partial charge < -0.3 is 9.47 Å². The zero-order valence-electron chi connectivity index (χ0n) is 12.7. The van der Waals surface area contributed by atoms with Gasteiger partial charge >= 0.3 is 5.97 Å². The second kappa shape index (κ2) is 6.38. The van der Waals surface area contributed by atoms with Crippen molar-refractivity contribution in [2.24, 2.45) is 4.99 Å². The number of carbonyl (C=O) groups is 1. The molecule has 0 N–H and O–H groups in total. The van der Waals surface area contributed by atoms with E-state index in [1.165, 1.54) is 0 Å². The van der Waals surface area contributed by atoms with Gasteiger partial charge in [-0.15, -0.1) is 0 Å². The number of esters is 1. The molecule has 1 aliphatic rings. The maximum atomic E-state index is 12.1. The average molecular weight is 372 g/mol. The van der Waals surface area contributed by atoms with Crippen LogP contribution in [0.1, 0.15) is 16.7 Å². The van der Waals surface area contributed by atoms with Crippen LogP contribution in [-0.2, 0) is 9.53 Å². The molecule has 0 spiro atoms. The third kappa shape index (κ3) is 3.35. The quantitative estimate of drug-likeness (QED) is 0.602. The largest absolute Gasteiger partial charge is 0.496 e. The first-order valence-corrected chi connectivity index (χ1v) is 7.79. The van der Waals surface area contributed by atoms with Crippen molar-refractivity contribution >= 4 is 33.9 Å². The fourth-order valence-electron chi connectivity index (χ4n) is 2.28. The lowest BCUT2D eigenvalue weighted by Crippen LogP contribution is -2.05. The molecule has 0 bridgehead atoms. The van der Waals surface area contributed by atoms with E-state index in [0.717, 1.165) is 21.2 Å². The lowest BCUT2D eigenvalue weighted by Gasteiger charge is -2.04. The number of nitrogens with zero attached hydrogens (tertiary/aromatic N) is 1. The first-order valence-electron chi connectivity index (χ1n) is 7.00. The Balaban J connectivity index is 2.00. The highest BCUT2D eigenvalue weighted by atomic mass is 79.9. The van der Waals surface area contributed by atoms with Crippen LogP contribution in [0.2, 0.25) is 0 Å². The van der Waals surface area contributed by atoms with Crippen LogP contribution in [0.15, 0.2) is 57.6 Å². The predicted octanol–water partition coefficient (Wildman–Crippen LogP) is 4.11. The van der Waals surface area contributed by atoms with E-state index in [1.807, 2.05) is 49.4 Å². The summed E-state index contributed by atoms with van der Waals surface area (Å²) in [5.74, 6) is 0.509. The minimum atomic E-state index is -0.469. The zero-order chi connectivity index (χ0) is 16.4. The number of aryl methyl sites for hydroxylation is 1. The third-order valence-corrected chi connectivity index (χ3v) is 3.86. The molecule has 0 amide bonds. The van der Waals surface area contributed by atoms with Crippen molar-refractivity contribution in [1.29, 1.82) is 0 Å². The van der Waals surface area contributed by atoms with E-state index in [0.29, 0.717) is 11.6 Å². The maximum absolute atomic E-state index is 12.1. The SMILES string of the molecule is COc1ccc(Br)cc1/C=C1/N=C(c2cccc(C)c2)OC1=O. The Kier molecular flexibility index (Phi) is 4.30. The fraction of sp³-hybridized carbons (Fsp3) is 0.111. The van der Waals surface area contributed by atoms with Crippen molar-refractivity contribution in [3.05, 3.63) is 69.3 Å². The summed E-state index contributed by atoms with van der Waals surface area (Å²) in [4.78, 5) is 16.4. The molecule has 1 heterocycles. The Bertz CT molecular complexity index is 840. The number of aliphatic imine (C=N–C) groups is 1. The number of cyclic esters (lactones) is 1. The minimum absolute atomic E-state index is 0.248. The second-order valence-electron chi connectivity index (χ2n) is 5.09. The van der Waals surface area contributed by atoms with Gasteiger partial charge in [-0.2, -0.15) is 0 Å². The van der Waals surface area contributed by atoms with Crippen molar-refractivity contribution in [3.63, 3.8) is 0 Å². The number of methoxy groups -OCH3 is 1. The van der Waals surface area contributed by atoms with Crippen molar-refractivity contribution in [1.82, 2.24) is 0 Å². The topological polar surface area (TPSA) is 47.9 Å². The number of hydrogen-bond acceptors (Lipinski definition) is 4. The van der Waals surface area contributed by atoms with E-state index in [4.69, 9.17) is 9.47 Å². The lowest BCUT2D eigenvalue weighted by molar-refractivity contribution is -0.129. The molecule has 2 aromatic rings. The van der Waals surface area contributed by atoms with Crippen LogP contribution >= 0.6 is 15.9 Å². The molecule has 2 aromatic carbocycles. The summed E-state index contributed by atoms with van der Waals surface area (Å²) in [6.07, 6.45) is 1.66. The first kappa shape index (κ1) is 15.5. The number of benzene rings is 2. The van der Waals surface area contributed by atoms with Crippen LogP contribution in [0.3, 0.4) is 0 Å². The van der Waals surface area contributed by atoms with E-state index in [2.05, 4.69) is 20.9 Å². The van der Waals surface area contributed by atoms with Crippen LogP contribution in [0, 0.1) is 6.92 Å². The smallest absolute Gasteiger partial charge is 0.363 e. The van der Waals surface area contributed by atoms with E-state index >= 15 is 0 Å². The Morgan fingerprint density at radius 3 is 2.78 bits per heavy atom. The monoisotopic (exact) mass is 371 g/mol. The molecule has 0 radical (unpaired) electrons. The van der Waals surface area contributed by atoms with Gasteiger partial charge in [-0.25, -0.2) is 9.79 Å². The molecule has 0 saturated heterocycles. The van der Waals surface area contributed by atoms with E-state index in [1.54, 1.807) is 13.2 Å². The molecule has 0 atom stereocenters. The number of ether oxygens (including phenoxy) is 2. The van der Waals surface area contributed by atoms with Crippen molar-refractivity contribution < 1.29 is 14.3 Å². The highest BCUT2D eigenvalue weighted by Crippen LogP contribution is 2.27. The minimum Gasteiger partial charge on any atom is -0.496 e. The molecule has 4 nitrogen and oxygen atoms in total. The molecule has 23 heavy (non-hydrogen) atoms. The maximum Gasteiger partial charge on any atom is 0.363 e. The molecule has 3 rings (SSSR count). The fourth-order valence-corrected chi connectivity index (χ4v) is 2.65. The van der Waals surface area contributed by atoms with Crippen LogP contribution in [0.25, 0.3) is 6.08 Å². The van der Waals surface area contributed by atoms with Gasteiger partial charge in [0.1, 0.15) is 5.75 Å². The summed E-state index contributed by atoms with van der Waals surface area (Å²) in [6, 6.07) is 13.2. The van der Waals surface area contributed by atoms with Crippen LogP contribution in [-0.4, -0.2) is 19.0 Å². The zero-order valence-corrected chi connectivity index (χ0v) is 14.3.